The normalized spacial score (nSPS) is 9.57. The zero-order valence-electron chi connectivity index (χ0n) is 12.4. The zero-order chi connectivity index (χ0) is 16.5. The molecular formula is C18H16O5. The lowest BCUT2D eigenvalue weighted by Crippen LogP contribution is -2.02. The van der Waals surface area contributed by atoms with E-state index in [2.05, 4.69) is 13.2 Å². The van der Waals surface area contributed by atoms with Gasteiger partial charge in [-0.05, 0) is 48.5 Å². The number of hydrogen-bond donors (Lipinski definition) is 0. The molecule has 0 spiro atoms. The Morgan fingerprint density at radius 1 is 0.870 bits per heavy atom. The molecule has 5 heteroatoms. The van der Waals surface area contributed by atoms with Crippen LogP contribution in [0.4, 0.5) is 0 Å². The highest BCUT2D eigenvalue weighted by atomic mass is 16.7. The highest BCUT2D eigenvalue weighted by Crippen LogP contribution is 2.25. The maximum Gasteiger partial charge on any atom is 0.335 e. The number of rotatable bonds is 8. The molecule has 0 fully saturated rings. The molecule has 0 aliphatic heterocycles. The first kappa shape index (κ1) is 16.2. The van der Waals surface area contributed by atoms with Crippen LogP contribution in [-0.2, 0) is 9.53 Å². The molecular weight excluding hydrogens is 296 g/mol. The van der Waals surface area contributed by atoms with Gasteiger partial charge in [0.1, 0.15) is 23.0 Å². The van der Waals surface area contributed by atoms with Gasteiger partial charge in [-0.3, -0.25) is 0 Å². The third kappa shape index (κ3) is 5.24. The van der Waals surface area contributed by atoms with E-state index in [0.717, 1.165) is 6.08 Å². The molecule has 2 aromatic carbocycles. The lowest BCUT2D eigenvalue weighted by Gasteiger charge is -2.08. The Hall–Kier alpha value is -3.21. The van der Waals surface area contributed by atoms with E-state index >= 15 is 0 Å². The Morgan fingerprint density at radius 2 is 1.39 bits per heavy atom. The van der Waals surface area contributed by atoms with Crippen molar-refractivity contribution in [2.75, 3.05) is 6.79 Å². The van der Waals surface area contributed by atoms with Crippen LogP contribution in [0.3, 0.4) is 0 Å². The van der Waals surface area contributed by atoms with Gasteiger partial charge in [-0.1, -0.05) is 13.2 Å². The van der Waals surface area contributed by atoms with Crippen LogP contribution in [0.25, 0.3) is 0 Å². The lowest BCUT2D eigenvalue weighted by atomic mass is 10.3. The summed E-state index contributed by atoms with van der Waals surface area (Å²) in [6.07, 6.45) is 2.42. The van der Waals surface area contributed by atoms with Crippen LogP contribution in [0.15, 0.2) is 74.0 Å². The summed E-state index contributed by atoms with van der Waals surface area (Å²) >= 11 is 0. The monoisotopic (exact) mass is 312 g/mol. The minimum absolute atomic E-state index is 0.106. The molecule has 0 amide bonds. The maximum absolute atomic E-state index is 11.1. The standard InChI is InChI=1S/C18H16O5/c1-3-18(19)23-17-11-9-16(10-12-17)22-15-7-5-14(6-8-15)21-13-20-4-2/h3-12H,1-2,13H2. The van der Waals surface area contributed by atoms with Crippen LogP contribution in [-0.4, -0.2) is 12.8 Å². The molecule has 0 unspecified atom stereocenters. The number of ether oxygens (including phenoxy) is 4. The SMILES string of the molecule is C=COCOc1ccc(Oc2ccc(OC(=O)C=C)cc2)cc1. The predicted molar refractivity (Wildman–Crippen MR) is 85.6 cm³/mol. The summed E-state index contributed by atoms with van der Waals surface area (Å²) in [5, 5.41) is 0. The smallest absolute Gasteiger partial charge is 0.335 e. The van der Waals surface area contributed by atoms with Crippen LogP contribution in [0, 0.1) is 0 Å². The molecule has 2 rings (SSSR count). The Bertz CT molecular complexity index is 659. The first-order chi connectivity index (χ1) is 11.2. The van der Waals surface area contributed by atoms with E-state index in [1.54, 1.807) is 48.5 Å². The second-order valence-corrected chi connectivity index (χ2v) is 4.27. The van der Waals surface area contributed by atoms with Crippen LogP contribution >= 0.6 is 0 Å². The number of hydrogen-bond acceptors (Lipinski definition) is 5. The highest BCUT2D eigenvalue weighted by Gasteiger charge is 2.02. The van der Waals surface area contributed by atoms with Gasteiger partial charge in [0.05, 0.1) is 6.26 Å². The van der Waals surface area contributed by atoms with Crippen molar-refractivity contribution in [3.05, 3.63) is 74.0 Å². The van der Waals surface area contributed by atoms with E-state index in [-0.39, 0.29) is 6.79 Å². The van der Waals surface area contributed by atoms with Crippen LogP contribution in [0.5, 0.6) is 23.0 Å². The summed E-state index contributed by atoms with van der Waals surface area (Å²) in [7, 11) is 0. The minimum atomic E-state index is -0.505. The van der Waals surface area contributed by atoms with Crippen LogP contribution < -0.4 is 14.2 Å². The maximum atomic E-state index is 11.1. The molecule has 0 bridgehead atoms. The van der Waals surface area contributed by atoms with Gasteiger partial charge in [0.25, 0.3) is 0 Å². The summed E-state index contributed by atoms with van der Waals surface area (Å²) in [5.74, 6) is 1.85. The van der Waals surface area contributed by atoms with Crippen molar-refractivity contribution >= 4 is 5.97 Å². The zero-order valence-corrected chi connectivity index (χ0v) is 12.4. The Labute approximate surface area is 134 Å². The van der Waals surface area contributed by atoms with Crippen molar-refractivity contribution in [1.29, 1.82) is 0 Å². The van der Waals surface area contributed by atoms with Crippen LogP contribution in [0.2, 0.25) is 0 Å². The third-order valence-corrected chi connectivity index (χ3v) is 2.68. The van der Waals surface area contributed by atoms with Gasteiger partial charge in [-0.25, -0.2) is 4.79 Å². The summed E-state index contributed by atoms with van der Waals surface area (Å²) in [5.41, 5.74) is 0. The van der Waals surface area contributed by atoms with Gasteiger partial charge >= 0.3 is 5.97 Å². The van der Waals surface area contributed by atoms with E-state index in [0.29, 0.717) is 23.0 Å². The van der Waals surface area contributed by atoms with Gasteiger partial charge in [-0.2, -0.15) is 0 Å². The average Bonchev–Trinajstić information content (AvgIpc) is 2.58. The molecule has 0 saturated carbocycles. The fourth-order valence-corrected chi connectivity index (χ4v) is 1.62. The first-order valence-corrected chi connectivity index (χ1v) is 6.79. The van der Waals surface area contributed by atoms with Gasteiger partial charge in [0.15, 0.2) is 0 Å². The van der Waals surface area contributed by atoms with Gasteiger partial charge in [-0.15, -0.1) is 0 Å². The van der Waals surface area contributed by atoms with E-state index in [9.17, 15) is 4.79 Å². The number of carbonyl (C=O) groups is 1. The fourth-order valence-electron chi connectivity index (χ4n) is 1.62. The average molecular weight is 312 g/mol. The summed E-state index contributed by atoms with van der Waals surface area (Å²) in [6, 6.07) is 13.8. The predicted octanol–water partition coefficient (Wildman–Crippen LogP) is 4.07. The number of esters is 1. The molecule has 118 valence electrons. The summed E-state index contributed by atoms with van der Waals surface area (Å²) in [6.45, 7) is 6.87. The highest BCUT2D eigenvalue weighted by molar-refractivity contribution is 5.83. The van der Waals surface area contributed by atoms with Crippen molar-refractivity contribution in [1.82, 2.24) is 0 Å². The van der Waals surface area contributed by atoms with Gasteiger partial charge < -0.3 is 18.9 Å². The van der Waals surface area contributed by atoms with E-state index in [4.69, 9.17) is 18.9 Å². The summed E-state index contributed by atoms with van der Waals surface area (Å²) < 4.78 is 20.9. The van der Waals surface area contributed by atoms with E-state index < -0.39 is 5.97 Å². The fraction of sp³-hybridized carbons (Fsp3) is 0.0556. The second-order valence-electron chi connectivity index (χ2n) is 4.27. The Balaban J connectivity index is 1.92. The van der Waals surface area contributed by atoms with E-state index in [1.807, 2.05) is 0 Å². The molecule has 2 aromatic rings. The number of benzene rings is 2. The Kier molecular flexibility index (Phi) is 5.82. The second kappa shape index (κ2) is 8.29. The molecule has 5 nitrogen and oxygen atoms in total. The van der Waals surface area contributed by atoms with Crippen molar-refractivity contribution in [2.45, 2.75) is 0 Å². The van der Waals surface area contributed by atoms with E-state index in [1.165, 1.54) is 6.26 Å². The molecule has 0 atom stereocenters. The van der Waals surface area contributed by atoms with Crippen molar-refractivity contribution < 1.29 is 23.7 Å². The first-order valence-electron chi connectivity index (χ1n) is 6.79. The Morgan fingerprint density at radius 3 is 1.91 bits per heavy atom. The molecule has 0 saturated heterocycles. The number of carbonyl (C=O) groups excluding carboxylic acids is 1. The third-order valence-electron chi connectivity index (χ3n) is 2.68. The molecule has 0 heterocycles. The molecule has 0 aliphatic carbocycles. The van der Waals surface area contributed by atoms with Gasteiger partial charge in [0, 0.05) is 6.08 Å². The molecule has 23 heavy (non-hydrogen) atoms. The molecule has 0 aromatic heterocycles. The largest absolute Gasteiger partial charge is 0.466 e. The molecule has 0 N–H and O–H groups in total. The van der Waals surface area contributed by atoms with Crippen molar-refractivity contribution in [2.24, 2.45) is 0 Å². The van der Waals surface area contributed by atoms with Gasteiger partial charge in [0.2, 0.25) is 6.79 Å². The van der Waals surface area contributed by atoms with Crippen molar-refractivity contribution in [3.63, 3.8) is 0 Å². The topological polar surface area (TPSA) is 54.0 Å². The summed E-state index contributed by atoms with van der Waals surface area (Å²) in [4.78, 5) is 11.1. The molecule has 0 radical (unpaired) electrons. The quantitative estimate of drug-likeness (QED) is 0.184. The minimum Gasteiger partial charge on any atom is -0.466 e. The van der Waals surface area contributed by atoms with Crippen molar-refractivity contribution in [3.8, 4) is 23.0 Å². The lowest BCUT2D eigenvalue weighted by molar-refractivity contribution is -0.128. The van der Waals surface area contributed by atoms with Crippen LogP contribution in [0.1, 0.15) is 0 Å². The molecule has 0 aliphatic rings.